The molecule has 6 rings (SSSR count). The molecule has 0 unspecified atom stereocenters. The van der Waals surface area contributed by atoms with Gasteiger partial charge in [0.05, 0.1) is 25.2 Å². The molecule has 39 heavy (non-hydrogen) atoms. The lowest BCUT2D eigenvalue weighted by Crippen LogP contribution is -2.41. The van der Waals surface area contributed by atoms with E-state index in [1.165, 1.54) is 0 Å². The second-order valence-electron chi connectivity index (χ2n) is 10.6. The fourth-order valence-electron chi connectivity index (χ4n) is 5.41. The first-order valence-electron chi connectivity index (χ1n) is 13.4. The van der Waals surface area contributed by atoms with E-state index >= 15 is 0 Å². The summed E-state index contributed by atoms with van der Waals surface area (Å²) >= 11 is 0. The van der Waals surface area contributed by atoms with Gasteiger partial charge in [0.15, 0.2) is 11.5 Å². The van der Waals surface area contributed by atoms with Crippen molar-refractivity contribution in [1.29, 1.82) is 0 Å². The van der Waals surface area contributed by atoms with Crippen LogP contribution in [0.25, 0.3) is 11.1 Å². The number of amides is 2. The Kier molecular flexibility index (Phi) is 6.74. The predicted octanol–water partition coefficient (Wildman–Crippen LogP) is 4.89. The minimum Gasteiger partial charge on any atom is -0.454 e. The van der Waals surface area contributed by atoms with Gasteiger partial charge in [0.1, 0.15) is 0 Å². The molecule has 2 N–H and O–H groups in total. The van der Waals surface area contributed by atoms with Gasteiger partial charge in [-0.25, -0.2) is 0 Å². The first kappa shape index (κ1) is 25.4. The topological polar surface area (TPSA) is 89.1 Å². The molecule has 8 nitrogen and oxygen atoms in total. The lowest BCUT2D eigenvalue weighted by molar-refractivity contribution is -0.119. The number of nitrogens with zero attached hydrogens (tertiary/aromatic N) is 1. The zero-order valence-corrected chi connectivity index (χ0v) is 22.3. The van der Waals surface area contributed by atoms with Crippen molar-refractivity contribution in [2.45, 2.75) is 32.1 Å². The molecular weight excluding hydrogens is 494 g/mol. The third kappa shape index (κ3) is 5.22. The molecule has 2 amide bonds. The van der Waals surface area contributed by atoms with E-state index in [-0.39, 0.29) is 20.0 Å². The average Bonchev–Trinajstić information content (AvgIpc) is 3.61. The fraction of sp³-hybridized carbons (Fsp3) is 0.355. The molecule has 0 spiro atoms. The van der Waals surface area contributed by atoms with E-state index in [9.17, 15) is 9.59 Å². The molecule has 2 heterocycles. The fourth-order valence-corrected chi connectivity index (χ4v) is 5.41. The van der Waals surface area contributed by atoms with E-state index in [0.717, 1.165) is 70.9 Å². The van der Waals surface area contributed by atoms with Gasteiger partial charge in [0.25, 0.3) is 0 Å². The molecule has 0 bridgehead atoms. The maximum Gasteiger partial charge on any atom is 0.238 e. The molecule has 1 saturated carbocycles. The minimum absolute atomic E-state index is 0. The van der Waals surface area contributed by atoms with Gasteiger partial charge in [-0.05, 0) is 90.9 Å². The molecule has 204 valence electrons. The van der Waals surface area contributed by atoms with E-state index < -0.39 is 5.41 Å². The SMILES string of the molecule is Cc1cc(NC(=O)CN2CCOCC2)ccc1-c1cc(NC(=O)C2(c3ccc4c(c3)OCO4)CC2)ccc1C.[HH]. The van der Waals surface area contributed by atoms with Crippen LogP contribution >= 0.6 is 0 Å². The highest BCUT2D eigenvalue weighted by Crippen LogP contribution is 2.51. The number of anilines is 2. The van der Waals surface area contributed by atoms with Gasteiger partial charge in [0, 0.05) is 25.9 Å². The number of rotatable bonds is 7. The number of aryl methyl sites for hydroxylation is 2. The normalized spacial score (nSPS) is 17.5. The number of hydrogen-bond acceptors (Lipinski definition) is 6. The molecule has 0 atom stereocenters. The number of benzene rings is 3. The number of carbonyl (C=O) groups is 2. The van der Waals surface area contributed by atoms with Gasteiger partial charge in [0.2, 0.25) is 18.6 Å². The molecule has 8 heteroatoms. The van der Waals surface area contributed by atoms with Gasteiger partial charge in [-0.3, -0.25) is 14.5 Å². The number of fused-ring (bicyclic) bond motifs is 1. The molecule has 1 aliphatic carbocycles. The lowest BCUT2D eigenvalue weighted by atomic mass is 9.93. The third-order valence-electron chi connectivity index (χ3n) is 7.88. The second kappa shape index (κ2) is 10.4. The van der Waals surface area contributed by atoms with E-state index in [1.54, 1.807) is 0 Å². The Labute approximate surface area is 229 Å². The van der Waals surface area contributed by atoms with Gasteiger partial charge < -0.3 is 24.8 Å². The van der Waals surface area contributed by atoms with E-state index in [0.29, 0.717) is 25.5 Å². The summed E-state index contributed by atoms with van der Waals surface area (Å²) in [6.45, 7) is 7.55. The van der Waals surface area contributed by atoms with Crippen LogP contribution in [0.3, 0.4) is 0 Å². The molecule has 0 radical (unpaired) electrons. The summed E-state index contributed by atoms with van der Waals surface area (Å²) in [6, 6.07) is 17.7. The number of carbonyl (C=O) groups excluding carboxylic acids is 2. The van der Waals surface area contributed by atoms with Crippen LogP contribution in [0.2, 0.25) is 0 Å². The number of nitrogens with one attached hydrogen (secondary N) is 2. The Morgan fingerprint density at radius 3 is 2.36 bits per heavy atom. The van der Waals surface area contributed by atoms with Crippen molar-refractivity contribution in [3.8, 4) is 22.6 Å². The maximum atomic E-state index is 13.5. The van der Waals surface area contributed by atoms with Crippen molar-refractivity contribution in [2.75, 3.05) is 50.3 Å². The van der Waals surface area contributed by atoms with Crippen LogP contribution in [0.15, 0.2) is 54.6 Å². The van der Waals surface area contributed by atoms with Gasteiger partial charge >= 0.3 is 0 Å². The summed E-state index contributed by atoms with van der Waals surface area (Å²) in [5.41, 5.74) is 6.21. The van der Waals surface area contributed by atoms with Crippen molar-refractivity contribution >= 4 is 23.2 Å². The van der Waals surface area contributed by atoms with Crippen molar-refractivity contribution in [3.05, 3.63) is 71.3 Å². The van der Waals surface area contributed by atoms with E-state index in [1.807, 2.05) is 61.5 Å². The zero-order valence-electron chi connectivity index (χ0n) is 22.3. The summed E-state index contributed by atoms with van der Waals surface area (Å²) in [4.78, 5) is 28.1. The average molecular weight is 530 g/mol. The number of hydrogen-bond donors (Lipinski definition) is 2. The summed E-state index contributed by atoms with van der Waals surface area (Å²) in [6.07, 6.45) is 1.60. The van der Waals surface area contributed by atoms with Crippen LogP contribution in [-0.2, 0) is 19.7 Å². The van der Waals surface area contributed by atoms with Gasteiger partial charge in [-0.1, -0.05) is 18.2 Å². The molecule has 1 saturated heterocycles. The third-order valence-corrected chi connectivity index (χ3v) is 7.88. The van der Waals surface area contributed by atoms with Crippen LogP contribution < -0.4 is 20.1 Å². The van der Waals surface area contributed by atoms with Crippen LogP contribution in [-0.4, -0.2) is 56.4 Å². The van der Waals surface area contributed by atoms with Crippen LogP contribution in [0.1, 0.15) is 31.0 Å². The molecular formula is C31H35N3O5. The molecule has 3 aromatic carbocycles. The van der Waals surface area contributed by atoms with Crippen molar-refractivity contribution < 1.29 is 25.2 Å². The van der Waals surface area contributed by atoms with Gasteiger partial charge in [-0.15, -0.1) is 0 Å². The Morgan fingerprint density at radius 2 is 1.59 bits per heavy atom. The molecule has 2 fully saturated rings. The molecule has 2 aliphatic heterocycles. The zero-order chi connectivity index (χ0) is 27.0. The Hall–Kier alpha value is -3.88. The maximum absolute atomic E-state index is 13.5. The quantitative estimate of drug-likeness (QED) is 0.453. The number of ether oxygens (including phenoxy) is 3. The molecule has 3 aliphatic rings. The molecule has 3 aromatic rings. The number of morpholine rings is 1. The van der Waals surface area contributed by atoms with Gasteiger partial charge in [-0.2, -0.15) is 0 Å². The standard InChI is InChI=1S/C31H33N3O5.H2/c1-20-3-5-24(33-30(36)31(9-10-31)22-4-8-27-28(16-22)39-19-38-27)17-26(20)25-7-6-23(15-21(25)2)32-29(35)18-34-11-13-37-14-12-34;/h3-8,15-17H,9-14,18-19H2,1-2H3,(H,32,35)(H,33,36);1H. The Morgan fingerprint density at radius 1 is 0.846 bits per heavy atom. The highest BCUT2D eigenvalue weighted by molar-refractivity contribution is 6.02. The predicted molar refractivity (Wildman–Crippen MR) is 151 cm³/mol. The van der Waals surface area contributed by atoms with E-state index in [4.69, 9.17) is 14.2 Å². The molecule has 0 aromatic heterocycles. The highest BCUT2D eigenvalue weighted by Gasteiger charge is 2.51. The second-order valence-corrected chi connectivity index (χ2v) is 10.6. The summed E-state index contributed by atoms with van der Waals surface area (Å²) in [7, 11) is 0. The highest BCUT2D eigenvalue weighted by atomic mass is 16.7. The van der Waals surface area contributed by atoms with Crippen molar-refractivity contribution in [2.24, 2.45) is 0 Å². The largest absolute Gasteiger partial charge is 0.454 e. The van der Waals surface area contributed by atoms with Crippen molar-refractivity contribution in [3.63, 3.8) is 0 Å². The van der Waals surface area contributed by atoms with Crippen LogP contribution in [0.5, 0.6) is 11.5 Å². The Balaban J connectivity index is 0.00000323. The summed E-state index contributed by atoms with van der Waals surface area (Å²) < 4.78 is 16.3. The summed E-state index contributed by atoms with van der Waals surface area (Å²) in [5, 5.41) is 6.18. The monoisotopic (exact) mass is 529 g/mol. The van der Waals surface area contributed by atoms with E-state index in [2.05, 4.69) is 22.5 Å². The first-order valence-corrected chi connectivity index (χ1v) is 13.4. The van der Waals surface area contributed by atoms with Crippen molar-refractivity contribution in [1.82, 2.24) is 4.90 Å². The Bertz CT molecular complexity index is 1430. The van der Waals surface area contributed by atoms with Crippen LogP contribution in [0.4, 0.5) is 11.4 Å². The lowest BCUT2D eigenvalue weighted by Gasteiger charge is -2.25. The minimum atomic E-state index is -0.539. The smallest absolute Gasteiger partial charge is 0.238 e. The summed E-state index contributed by atoms with van der Waals surface area (Å²) in [5.74, 6) is 1.38. The van der Waals surface area contributed by atoms with Crippen LogP contribution in [0, 0.1) is 13.8 Å². The first-order chi connectivity index (χ1) is 18.9.